The van der Waals surface area contributed by atoms with Gasteiger partial charge in [0, 0.05) is 28.6 Å². The van der Waals surface area contributed by atoms with Crippen LogP contribution >= 0.6 is 39.1 Å². The van der Waals surface area contributed by atoms with Crippen LogP contribution in [0.5, 0.6) is 0 Å². The molecule has 0 unspecified atom stereocenters. The molecule has 1 aromatic carbocycles. The lowest BCUT2D eigenvalue weighted by atomic mass is 10.2. The van der Waals surface area contributed by atoms with Crippen molar-refractivity contribution >= 4 is 66.2 Å². The van der Waals surface area contributed by atoms with E-state index in [0.717, 1.165) is 11.6 Å². The molecule has 0 fully saturated rings. The van der Waals surface area contributed by atoms with E-state index in [2.05, 4.69) is 21.2 Å². The summed E-state index contributed by atoms with van der Waals surface area (Å²) >= 11 is 16.0. The molecular formula is C17H21BrCl2N2O5S. The summed E-state index contributed by atoms with van der Waals surface area (Å²) in [7, 11) is -3.63. The van der Waals surface area contributed by atoms with E-state index in [4.69, 9.17) is 32.1 Å². The van der Waals surface area contributed by atoms with Crippen LogP contribution in [-0.4, -0.2) is 37.5 Å². The van der Waals surface area contributed by atoms with Gasteiger partial charge < -0.3 is 14.6 Å². The molecule has 0 saturated heterocycles. The highest BCUT2D eigenvalue weighted by Crippen LogP contribution is 2.38. The summed E-state index contributed by atoms with van der Waals surface area (Å²) in [5, 5.41) is 4.08. The lowest BCUT2D eigenvalue weighted by Gasteiger charge is -2.20. The average Bonchev–Trinajstić information content (AvgIpc) is 2.88. The van der Waals surface area contributed by atoms with Crippen molar-refractivity contribution in [1.29, 1.82) is 0 Å². The molecule has 1 aromatic heterocycles. The normalized spacial score (nSPS) is 12.4. The van der Waals surface area contributed by atoms with Crippen LogP contribution in [0.1, 0.15) is 26.5 Å². The van der Waals surface area contributed by atoms with Gasteiger partial charge in [-0.1, -0.05) is 39.1 Å². The fourth-order valence-electron chi connectivity index (χ4n) is 2.51. The first-order valence-electron chi connectivity index (χ1n) is 8.25. The number of hydrogen-bond donors (Lipinski definition) is 1. The van der Waals surface area contributed by atoms with Crippen LogP contribution in [0.15, 0.2) is 16.6 Å². The maximum absolute atomic E-state index is 11.9. The van der Waals surface area contributed by atoms with Crippen molar-refractivity contribution in [2.45, 2.75) is 39.5 Å². The smallest absolute Gasteiger partial charge is 0.407 e. The van der Waals surface area contributed by atoms with Gasteiger partial charge in [0.25, 0.3) is 10.1 Å². The topological polar surface area (TPSA) is 86.6 Å². The summed E-state index contributed by atoms with van der Waals surface area (Å²) in [5.41, 5.74) is 0.566. The van der Waals surface area contributed by atoms with Gasteiger partial charge in [-0.25, -0.2) is 4.79 Å². The van der Waals surface area contributed by atoms with Gasteiger partial charge in [0.2, 0.25) is 0 Å². The SMILES string of the molecule is CC(C)(C)OC(=O)NCCn1c(COS(C)(=O)=O)cc2c(Br)cc(Cl)c(Cl)c21. The summed E-state index contributed by atoms with van der Waals surface area (Å²) < 4.78 is 35.4. The van der Waals surface area contributed by atoms with Crippen molar-refractivity contribution in [2.75, 3.05) is 12.8 Å². The van der Waals surface area contributed by atoms with Crippen LogP contribution in [-0.2, 0) is 32.2 Å². The van der Waals surface area contributed by atoms with E-state index in [1.54, 1.807) is 37.5 Å². The third-order valence-electron chi connectivity index (χ3n) is 3.54. The molecule has 7 nitrogen and oxygen atoms in total. The highest BCUT2D eigenvalue weighted by atomic mass is 79.9. The summed E-state index contributed by atoms with van der Waals surface area (Å²) in [5.74, 6) is 0. The monoisotopic (exact) mass is 514 g/mol. The zero-order valence-corrected chi connectivity index (χ0v) is 19.7. The summed E-state index contributed by atoms with van der Waals surface area (Å²) in [6.45, 7) is 5.66. The second-order valence-electron chi connectivity index (χ2n) is 7.10. The molecule has 2 rings (SSSR count). The number of halogens is 3. The third kappa shape index (κ3) is 6.25. The van der Waals surface area contributed by atoms with Crippen LogP contribution in [0.3, 0.4) is 0 Å². The number of carbonyl (C=O) groups is 1. The second-order valence-corrected chi connectivity index (χ2v) is 10.4. The Morgan fingerprint density at radius 2 is 1.93 bits per heavy atom. The largest absolute Gasteiger partial charge is 0.444 e. The highest BCUT2D eigenvalue weighted by molar-refractivity contribution is 9.10. The maximum Gasteiger partial charge on any atom is 0.407 e. The molecule has 0 aliphatic heterocycles. The molecule has 156 valence electrons. The van der Waals surface area contributed by atoms with Crippen LogP contribution in [0.25, 0.3) is 10.9 Å². The molecule has 28 heavy (non-hydrogen) atoms. The predicted molar refractivity (Wildman–Crippen MR) is 114 cm³/mol. The molecule has 0 saturated carbocycles. The van der Waals surface area contributed by atoms with E-state index in [9.17, 15) is 13.2 Å². The quantitative estimate of drug-likeness (QED) is 0.444. The Labute approximate surface area is 182 Å². The molecule has 2 aromatic rings. The number of carbonyl (C=O) groups excluding carboxylic acids is 1. The summed E-state index contributed by atoms with van der Waals surface area (Å²) in [4.78, 5) is 11.9. The molecule has 0 aliphatic carbocycles. The molecule has 0 radical (unpaired) electrons. The lowest BCUT2D eigenvalue weighted by Crippen LogP contribution is -2.34. The number of nitrogens with one attached hydrogen (secondary N) is 1. The minimum absolute atomic E-state index is 0.180. The van der Waals surface area contributed by atoms with Crippen LogP contribution in [0, 0.1) is 0 Å². The number of benzene rings is 1. The minimum atomic E-state index is -3.63. The van der Waals surface area contributed by atoms with Gasteiger partial charge >= 0.3 is 6.09 Å². The molecule has 1 N–H and O–H groups in total. The van der Waals surface area contributed by atoms with Crippen LogP contribution in [0.2, 0.25) is 10.0 Å². The van der Waals surface area contributed by atoms with E-state index in [0.29, 0.717) is 32.3 Å². The van der Waals surface area contributed by atoms with Gasteiger partial charge in [0.1, 0.15) is 12.2 Å². The number of rotatable bonds is 6. The van der Waals surface area contributed by atoms with Crippen molar-refractivity contribution in [1.82, 2.24) is 9.88 Å². The van der Waals surface area contributed by atoms with Crippen molar-refractivity contribution in [3.05, 3.63) is 32.3 Å². The molecule has 1 amide bonds. The van der Waals surface area contributed by atoms with Crippen LogP contribution < -0.4 is 5.32 Å². The Bertz CT molecular complexity index is 999. The third-order valence-corrected chi connectivity index (χ3v) is 5.52. The van der Waals surface area contributed by atoms with Crippen molar-refractivity contribution in [3.8, 4) is 0 Å². The number of nitrogens with zero attached hydrogens (tertiary/aromatic N) is 1. The fraction of sp³-hybridized carbons (Fsp3) is 0.471. The highest BCUT2D eigenvalue weighted by Gasteiger charge is 2.19. The van der Waals surface area contributed by atoms with Crippen molar-refractivity contribution in [3.63, 3.8) is 0 Å². The Kier molecular flexibility index (Phi) is 7.31. The van der Waals surface area contributed by atoms with Gasteiger partial charge in [0.05, 0.1) is 21.8 Å². The fourth-order valence-corrected chi connectivity index (χ4v) is 3.97. The van der Waals surface area contributed by atoms with Gasteiger partial charge in [-0.05, 0) is 32.9 Å². The molecular weight excluding hydrogens is 495 g/mol. The molecule has 0 spiro atoms. The Morgan fingerprint density at radius 3 is 2.50 bits per heavy atom. The van der Waals surface area contributed by atoms with Gasteiger partial charge in [0.15, 0.2) is 0 Å². The van der Waals surface area contributed by atoms with E-state index in [-0.39, 0.29) is 13.2 Å². The van der Waals surface area contributed by atoms with E-state index in [1.165, 1.54) is 0 Å². The number of alkyl carbamates (subject to hydrolysis) is 1. The summed E-state index contributed by atoms with van der Waals surface area (Å²) in [6.07, 6.45) is 0.423. The molecule has 0 aliphatic rings. The van der Waals surface area contributed by atoms with Gasteiger partial charge in [-0.2, -0.15) is 8.42 Å². The zero-order chi connectivity index (χ0) is 21.3. The molecule has 0 bridgehead atoms. The second kappa shape index (κ2) is 8.79. The van der Waals surface area contributed by atoms with Crippen LogP contribution in [0.4, 0.5) is 4.79 Å². The first-order chi connectivity index (χ1) is 12.8. The Balaban J connectivity index is 2.33. The first-order valence-corrected chi connectivity index (χ1v) is 11.6. The van der Waals surface area contributed by atoms with Gasteiger partial charge in [-0.15, -0.1) is 0 Å². The predicted octanol–water partition coefficient (Wildman–Crippen LogP) is 4.71. The number of aromatic nitrogens is 1. The van der Waals surface area contributed by atoms with Crippen molar-refractivity contribution < 1.29 is 22.1 Å². The molecule has 0 atom stereocenters. The van der Waals surface area contributed by atoms with E-state index >= 15 is 0 Å². The average molecular weight is 516 g/mol. The standard InChI is InChI=1S/C17H21BrCl2N2O5S/c1-17(2,3)27-16(23)21-5-6-22-10(9-26-28(4,24)25)7-11-12(18)8-13(19)14(20)15(11)22/h7-8H,5-6,9H2,1-4H3,(H,21,23). The van der Waals surface area contributed by atoms with E-state index < -0.39 is 21.8 Å². The number of amides is 1. The zero-order valence-electron chi connectivity index (χ0n) is 15.8. The maximum atomic E-state index is 11.9. The van der Waals surface area contributed by atoms with Crippen molar-refractivity contribution in [2.24, 2.45) is 0 Å². The lowest BCUT2D eigenvalue weighted by molar-refractivity contribution is 0.0526. The molecule has 1 heterocycles. The van der Waals surface area contributed by atoms with Gasteiger partial charge in [-0.3, -0.25) is 4.18 Å². The Hall–Kier alpha value is -1.000. The Morgan fingerprint density at radius 1 is 1.29 bits per heavy atom. The minimum Gasteiger partial charge on any atom is -0.444 e. The number of ether oxygens (including phenoxy) is 1. The first kappa shape index (κ1) is 23.3. The number of fused-ring (bicyclic) bond motifs is 1. The number of hydrogen-bond acceptors (Lipinski definition) is 5. The van der Waals surface area contributed by atoms with E-state index in [1.807, 2.05) is 0 Å². The summed E-state index contributed by atoms with van der Waals surface area (Å²) in [6, 6.07) is 3.43. The molecule has 11 heteroatoms.